The third-order valence-corrected chi connectivity index (χ3v) is 2.91. The third-order valence-electron chi connectivity index (χ3n) is 2.91. The summed E-state index contributed by atoms with van der Waals surface area (Å²) in [6, 6.07) is 0. The average molecular weight is 264 g/mol. The average Bonchev–Trinajstić information content (AvgIpc) is 2.78. The Morgan fingerprint density at radius 3 is 2.68 bits per heavy atom. The van der Waals surface area contributed by atoms with Crippen LogP contribution in [0.4, 0.5) is 0 Å². The molecule has 2 heterocycles. The van der Waals surface area contributed by atoms with E-state index in [0.717, 1.165) is 0 Å². The van der Waals surface area contributed by atoms with Gasteiger partial charge < -0.3 is 4.74 Å². The molecule has 1 N–H and O–H groups in total. The summed E-state index contributed by atoms with van der Waals surface area (Å²) in [5.74, 6) is 0.690. The van der Waals surface area contributed by atoms with Crippen molar-refractivity contribution in [3.63, 3.8) is 0 Å². The van der Waals surface area contributed by atoms with Crippen molar-refractivity contribution in [2.75, 3.05) is 7.11 Å². The quantitative estimate of drug-likeness (QED) is 0.818. The van der Waals surface area contributed by atoms with Gasteiger partial charge in [-0.1, -0.05) is 13.8 Å². The van der Waals surface area contributed by atoms with Gasteiger partial charge in [0, 0.05) is 5.92 Å². The van der Waals surface area contributed by atoms with E-state index in [1.807, 2.05) is 13.8 Å². The van der Waals surface area contributed by atoms with Gasteiger partial charge in [0.2, 0.25) is 0 Å². The van der Waals surface area contributed by atoms with Crippen LogP contribution in [0.1, 0.15) is 36.8 Å². The van der Waals surface area contributed by atoms with Crippen LogP contribution in [0.5, 0.6) is 0 Å². The van der Waals surface area contributed by atoms with E-state index in [0.29, 0.717) is 22.9 Å². The molecule has 7 nitrogen and oxygen atoms in total. The Labute approximate surface area is 109 Å². The summed E-state index contributed by atoms with van der Waals surface area (Å²) < 4.78 is 5.84. The highest BCUT2D eigenvalue weighted by molar-refractivity contribution is 5.72. The summed E-state index contributed by atoms with van der Waals surface area (Å²) in [6.07, 6.45) is -0.0901. The van der Waals surface area contributed by atoms with E-state index in [2.05, 4.69) is 19.8 Å². The molecule has 0 fully saturated rings. The van der Waals surface area contributed by atoms with Crippen molar-refractivity contribution in [3.05, 3.63) is 27.4 Å². The van der Waals surface area contributed by atoms with Gasteiger partial charge in [0.25, 0.3) is 11.3 Å². The number of fused-ring (bicyclic) bond motifs is 1. The van der Waals surface area contributed by atoms with Crippen molar-refractivity contribution in [1.29, 1.82) is 0 Å². The molecule has 2 aromatic rings. The molecular formula is C12H16N4O3. The number of ether oxygens (including phenoxy) is 1. The Morgan fingerprint density at radius 2 is 2.11 bits per heavy atom. The van der Waals surface area contributed by atoms with Crippen LogP contribution in [0.25, 0.3) is 5.78 Å². The summed E-state index contributed by atoms with van der Waals surface area (Å²) in [5.41, 5.74) is 0.507. The molecule has 0 aromatic carbocycles. The van der Waals surface area contributed by atoms with E-state index < -0.39 is 5.97 Å². The van der Waals surface area contributed by atoms with Gasteiger partial charge in [-0.15, -0.1) is 0 Å². The second kappa shape index (κ2) is 4.83. The van der Waals surface area contributed by atoms with Crippen LogP contribution < -0.4 is 5.56 Å². The SMILES string of the molecule is COC(=O)Cc1c(C)nc2nc(C(C)C)[nH]n2c1=O. The second-order valence-corrected chi connectivity index (χ2v) is 4.63. The third kappa shape index (κ3) is 2.35. The molecule has 0 atom stereocenters. The summed E-state index contributed by atoms with van der Waals surface area (Å²) in [6.45, 7) is 5.61. The monoisotopic (exact) mass is 264 g/mol. The molecule has 2 aromatic heterocycles. The van der Waals surface area contributed by atoms with E-state index in [9.17, 15) is 9.59 Å². The first-order chi connectivity index (χ1) is 8.93. The van der Waals surface area contributed by atoms with Crippen LogP contribution in [0.2, 0.25) is 0 Å². The molecule has 0 saturated carbocycles. The van der Waals surface area contributed by atoms with E-state index in [-0.39, 0.29) is 17.9 Å². The van der Waals surface area contributed by atoms with Gasteiger partial charge in [-0.05, 0) is 6.92 Å². The molecule has 7 heteroatoms. The Balaban J connectivity index is 2.61. The van der Waals surface area contributed by atoms with Crippen molar-refractivity contribution in [2.24, 2.45) is 0 Å². The lowest BCUT2D eigenvalue weighted by Gasteiger charge is -2.03. The summed E-state index contributed by atoms with van der Waals surface area (Å²) in [5, 5.41) is 2.90. The van der Waals surface area contributed by atoms with Gasteiger partial charge in [0.05, 0.1) is 24.8 Å². The number of nitrogens with zero attached hydrogens (tertiary/aromatic N) is 3. The van der Waals surface area contributed by atoms with Crippen LogP contribution in [0.3, 0.4) is 0 Å². The normalized spacial score (nSPS) is 11.2. The van der Waals surface area contributed by atoms with Gasteiger partial charge in [-0.3, -0.25) is 14.7 Å². The highest BCUT2D eigenvalue weighted by atomic mass is 16.5. The lowest BCUT2D eigenvalue weighted by molar-refractivity contribution is -0.139. The van der Waals surface area contributed by atoms with Crippen molar-refractivity contribution < 1.29 is 9.53 Å². The van der Waals surface area contributed by atoms with Crippen molar-refractivity contribution in [3.8, 4) is 0 Å². The number of aromatic nitrogens is 4. The van der Waals surface area contributed by atoms with Crippen LogP contribution in [-0.4, -0.2) is 32.7 Å². The molecule has 0 radical (unpaired) electrons. The smallest absolute Gasteiger partial charge is 0.310 e. The van der Waals surface area contributed by atoms with Crippen LogP contribution >= 0.6 is 0 Å². The van der Waals surface area contributed by atoms with Gasteiger partial charge in [0.1, 0.15) is 5.82 Å². The first-order valence-corrected chi connectivity index (χ1v) is 5.99. The molecule has 2 rings (SSSR count). The second-order valence-electron chi connectivity index (χ2n) is 4.63. The number of carbonyl (C=O) groups is 1. The Bertz CT molecular complexity index is 684. The van der Waals surface area contributed by atoms with E-state index in [1.54, 1.807) is 6.92 Å². The maximum atomic E-state index is 12.3. The molecular weight excluding hydrogens is 248 g/mol. The van der Waals surface area contributed by atoms with Gasteiger partial charge in [0.15, 0.2) is 0 Å². The van der Waals surface area contributed by atoms with Gasteiger partial charge in [-0.2, -0.15) is 9.50 Å². The fourth-order valence-electron chi connectivity index (χ4n) is 1.75. The highest BCUT2D eigenvalue weighted by Gasteiger charge is 2.16. The van der Waals surface area contributed by atoms with E-state index in [4.69, 9.17) is 0 Å². The highest BCUT2D eigenvalue weighted by Crippen LogP contribution is 2.10. The molecule has 102 valence electrons. The van der Waals surface area contributed by atoms with Crippen molar-refractivity contribution in [1.82, 2.24) is 19.6 Å². The van der Waals surface area contributed by atoms with Crippen LogP contribution in [0, 0.1) is 6.92 Å². The van der Waals surface area contributed by atoms with E-state index >= 15 is 0 Å². The lowest BCUT2D eigenvalue weighted by atomic mass is 10.2. The number of rotatable bonds is 3. The molecule has 0 aliphatic rings. The first kappa shape index (κ1) is 13.3. The molecule has 0 spiro atoms. The maximum Gasteiger partial charge on any atom is 0.310 e. The van der Waals surface area contributed by atoms with Crippen molar-refractivity contribution >= 4 is 11.7 Å². The largest absolute Gasteiger partial charge is 0.469 e. The number of aromatic amines is 1. The number of esters is 1. The molecule has 0 unspecified atom stereocenters. The summed E-state index contributed by atoms with van der Waals surface area (Å²) in [7, 11) is 1.29. The Kier molecular flexibility index (Phi) is 3.37. The molecule has 0 aliphatic heterocycles. The topological polar surface area (TPSA) is 89.3 Å². The predicted molar refractivity (Wildman–Crippen MR) is 68.2 cm³/mol. The molecule has 19 heavy (non-hydrogen) atoms. The zero-order chi connectivity index (χ0) is 14.2. The fourth-order valence-corrected chi connectivity index (χ4v) is 1.75. The van der Waals surface area contributed by atoms with Gasteiger partial charge in [-0.25, -0.2) is 4.98 Å². The number of hydrogen-bond acceptors (Lipinski definition) is 5. The number of methoxy groups -OCH3 is 1. The number of carbonyl (C=O) groups excluding carboxylic acids is 1. The Hall–Kier alpha value is -2.18. The predicted octanol–water partition coefficient (Wildman–Crippen LogP) is 0.565. The zero-order valence-corrected chi connectivity index (χ0v) is 11.4. The fraction of sp³-hybridized carbons (Fsp3) is 0.500. The lowest BCUT2D eigenvalue weighted by Crippen LogP contribution is -2.24. The van der Waals surface area contributed by atoms with E-state index in [1.165, 1.54) is 11.6 Å². The Morgan fingerprint density at radius 1 is 1.42 bits per heavy atom. The zero-order valence-electron chi connectivity index (χ0n) is 11.4. The minimum absolute atomic E-state index is 0.0901. The number of hydrogen-bond donors (Lipinski definition) is 1. The summed E-state index contributed by atoms with van der Waals surface area (Å²) >= 11 is 0. The minimum Gasteiger partial charge on any atom is -0.469 e. The van der Waals surface area contributed by atoms with Gasteiger partial charge >= 0.3 is 5.97 Å². The maximum absolute atomic E-state index is 12.3. The number of nitrogens with one attached hydrogen (secondary N) is 1. The molecule has 0 saturated heterocycles. The summed E-state index contributed by atoms with van der Waals surface area (Å²) in [4.78, 5) is 32.1. The minimum atomic E-state index is -0.467. The standard InChI is InChI=1S/C12H16N4O3/c1-6(2)10-14-12-13-7(3)8(5-9(17)19-4)11(18)16(12)15-10/h6H,5H2,1-4H3,(H,13,14,15). The van der Waals surface area contributed by atoms with Crippen LogP contribution in [-0.2, 0) is 16.0 Å². The van der Waals surface area contributed by atoms with Crippen LogP contribution in [0.15, 0.2) is 4.79 Å². The first-order valence-electron chi connectivity index (χ1n) is 5.99. The molecule has 0 bridgehead atoms. The number of aryl methyl sites for hydroxylation is 1. The van der Waals surface area contributed by atoms with Crippen molar-refractivity contribution in [2.45, 2.75) is 33.1 Å². The molecule has 0 aliphatic carbocycles. The molecule has 0 amide bonds. The number of H-pyrrole nitrogens is 1.